The Balaban J connectivity index is 1.49. The molecule has 2 aliphatic rings. The molecule has 0 radical (unpaired) electrons. The highest BCUT2D eigenvalue weighted by molar-refractivity contribution is 5.85. The van der Waals surface area contributed by atoms with Gasteiger partial charge in [-0.15, -0.1) is 0 Å². The number of aromatic nitrogens is 2. The van der Waals surface area contributed by atoms with Crippen LogP contribution in [0.3, 0.4) is 0 Å². The minimum absolute atomic E-state index is 0.0685. The fourth-order valence-electron chi connectivity index (χ4n) is 3.74. The number of fused-ring (bicyclic) bond motifs is 1. The van der Waals surface area contributed by atoms with E-state index in [4.69, 9.17) is 4.74 Å². The van der Waals surface area contributed by atoms with Gasteiger partial charge in [-0.25, -0.2) is 0 Å². The average Bonchev–Trinajstić information content (AvgIpc) is 3.25. The molecular formula is C18H21N3O2. The minimum atomic E-state index is -0.202. The molecule has 1 fully saturated rings. The number of ether oxygens (including phenoxy) is 1. The van der Waals surface area contributed by atoms with E-state index in [1.54, 1.807) is 6.20 Å². The number of carbonyl (C=O) groups excluding carboxylic acids is 1. The SMILES string of the molecule is O=C(NC1CCCCC1n1cccn1)C1COc2ccccc21. The van der Waals surface area contributed by atoms with Gasteiger partial charge in [0.05, 0.1) is 12.1 Å². The number of para-hydroxylation sites is 1. The lowest BCUT2D eigenvalue weighted by molar-refractivity contribution is -0.124. The smallest absolute Gasteiger partial charge is 0.231 e. The first-order chi connectivity index (χ1) is 11.3. The molecule has 5 heteroatoms. The number of hydrogen-bond acceptors (Lipinski definition) is 3. The molecule has 120 valence electrons. The van der Waals surface area contributed by atoms with Crippen LogP contribution in [0.2, 0.25) is 0 Å². The minimum Gasteiger partial charge on any atom is -0.492 e. The molecule has 1 aliphatic carbocycles. The monoisotopic (exact) mass is 311 g/mol. The standard InChI is InChI=1S/C18H21N3O2/c22-18(14-12-23-17-9-4-1-6-13(14)17)20-15-7-2-3-8-16(15)21-11-5-10-19-21/h1,4-6,9-11,14-16H,2-3,7-8,12H2,(H,20,22). The van der Waals surface area contributed by atoms with Crippen molar-refractivity contribution in [2.75, 3.05) is 6.61 Å². The molecule has 3 unspecified atom stereocenters. The Hall–Kier alpha value is -2.30. The summed E-state index contributed by atoms with van der Waals surface area (Å²) in [5.41, 5.74) is 0.997. The van der Waals surface area contributed by atoms with Crippen LogP contribution in [0, 0.1) is 0 Å². The number of amides is 1. The van der Waals surface area contributed by atoms with Crippen LogP contribution in [-0.2, 0) is 4.79 Å². The lowest BCUT2D eigenvalue weighted by atomic mass is 9.89. The van der Waals surface area contributed by atoms with Crippen molar-refractivity contribution in [3.8, 4) is 5.75 Å². The van der Waals surface area contributed by atoms with E-state index >= 15 is 0 Å². The second kappa shape index (κ2) is 6.07. The van der Waals surface area contributed by atoms with Crippen LogP contribution in [0.4, 0.5) is 0 Å². The van der Waals surface area contributed by atoms with Gasteiger partial charge in [0.15, 0.2) is 0 Å². The average molecular weight is 311 g/mol. The van der Waals surface area contributed by atoms with Gasteiger partial charge in [0.1, 0.15) is 18.3 Å². The Labute approximate surface area is 135 Å². The van der Waals surface area contributed by atoms with Gasteiger partial charge in [-0.1, -0.05) is 31.0 Å². The van der Waals surface area contributed by atoms with E-state index in [0.29, 0.717) is 6.61 Å². The zero-order valence-electron chi connectivity index (χ0n) is 13.0. The Bertz CT molecular complexity index is 683. The van der Waals surface area contributed by atoms with Crippen molar-refractivity contribution < 1.29 is 9.53 Å². The molecule has 2 heterocycles. The largest absolute Gasteiger partial charge is 0.492 e. The third kappa shape index (κ3) is 2.71. The van der Waals surface area contributed by atoms with Gasteiger partial charge >= 0.3 is 0 Å². The lowest BCUT2D eigenvalue weighted by Gasteiger charge is -2.33. The molecule has 0 saturated heterocycles. The van der Waals surface area contributed by atoms with Crippen LogP contribution in [0.25, 0.3) is 0 Å². The molecule has 3 atom stereocenters. The highest BCUT2D eigenvalue weighted by atomic mass is 16.5. The molecular weight excluding hydrogens is 290 g/mol. The Morgan fingerprint density at radius 1 is 1.22 bits per heavy atom. The molecule has 4 rings (SSSR count). The van der Waals surface area contributed by atoms with Crippen molar-refractivity contribution in [1.29, 1.82) is 0 Å². The molecule has 1 N–H and O–H groups in total. The van der Waals surface area contributed by atoms with Crippen molar-refractivity contribution in [2.45, 2.75) is 43.7 Å². The maximum Gasteiger partial charge on any atom is 0.231 e. The highest BCUT2D eigenvalue weighted by Crippen LogP contribution is 2.34. The molecule has 1 aliphatic heterocycles. The van der Waals surface area contributed by atoms with E-state index in [1.165, 1.54) is 6.42 Å². The second-order valence-electron chi connectivity index (χ2n) is 6.35. The summed E-state index contributed by atoms with van der Waals surface area (Å²) >= 11 is 0. The summed E-state index contributed by atoms with van der Waals surface area (Å²) < 4.78 is 7.63. The van der Waals surface area contributed by atoms with Crippen LogP contribution >= 0.6 is 0 Å². The molecule has 0 bridgehead atoms. The number of rotatable bonds is 3. The van der Waals surface area contributed by atoms with Gasteiger partial charge < -0.3 is 10.1 Å². The zero-order chi connectivity index (χ0) is 15.6. The third-order valence-electron chi connectivity index (χ3n) is 4.94. The van der Waals surface area contributed by atoms with E-state index in [1.807, 2.05) is 41.2 Å². The fraction of sp³-hybridized carbons (Fsp3) is 0.444. The van der Waals surface area contributed by atoms with Gasteiger partial charge in [0.2, 0.25) is 5.91 Å². The summed E-state index contributed by atoms with van der Waals surface area (Å²) in [7, 11) is 0. The van der Waals surface area contributed by atoms with Crippen LogP contribution < -0.4 is 10.1 Å². The molecule has 5 nitrogen and oxygen atoms in total. The molecule has 0 spiro atoms. The van der Waals surface area contributed by atoms with Crippen LogP contribution in [-0.4, -0.2) is 28.3 Å². The lowest BCUT2D eigenvalue weighted by Crippen LogP contribution is -2.45. The molecule has 1 aromatic heterocycles. The maximum atomic E-state index is 12.8. The van der Waals surface area contributed by atoms with E-state index in [9.17, 15) is 4.79 Å². The Morgan fingerprint density at radius 3 is 2.96 bits per heavy atom. The number of nitrogens with one attached hydrogen (secondary N) is 1. The molecule has 1 saturated carbocycles. The molecule has 1 amide bonds. The van der Waals surface area contributed by atoms with Gasteiger partial charge in [-0.3, -0.25) is 9.48 Å². The summed E-state index contributed by atoms with van der Waals surface area (Å²) in [5, 5.41) is 7.63. The van der Waals surface area contributed by atoms with E-state index in [-0.39, 0.29) is 23.9 Å². The first-order valence-corrected chi connectivity index (χ1v) is 8.34. The number of nitrogens with zero attached hydrogens (tertiary/aromatic N) is 2. The molecule has 1 aromatic carbocycles. The Kier molecular flexibility index (Phi) is 3.77. The zero-order valence-corrected chi connectivity index (χ0v) is 13.0. The van der Waals surface area contributed by atoms with Gasteiger partial charge in [0, 0.05) is 18.0 Å². The van der Waals surface area contributed by atoms with Crippen LogP contribution in [0.1, 0.15) is 43.2 Å². The van der Waals surface area contributed by atoms with Crippen molar-refractivity contribution in [3.63, 3.8) is 0 Å². The topological polar surface area (TPSA) is 56.2 Å². The molecule has 2 aromatic rings. The summed E-state index contributed by atoms with van der Waals surface area (Å²) in [6.07, 6.45) is 8.19. The van der Waals surface area contributed by atoms with E-state index < -0.39 is 0 Å². The normalized spacial score (nSPS) is 26.3. The van der Waals surface area contributed by atoms with Gasteiger partial charge in [-0.2, -0.15) is 5.10 Å². The number of hydrogen-bond donors (Lipinski definition) is 1. The summed E-state index contributed by atoms with van der Waals surface area (Å²) in [6.45, 7) is 0.435. The van der Waals surface area contributed by atoms with Gasteiger partial charge in [-0.05, 0) is 25.0 Å². The second-order valence-corrected chi connectivity index (χ2v) is 6.35. The summed E-state index contributed by atoms with van der Waals surface area (Å²) in [4.78, 5) is 12.8. The first kappa shape index (κ1) is 14.3. The number of carbonyl (C=O) groups is 1. The van der Waals surface area contributed by atoms with Crippen molar-refractivity contribution in [3.05, 3.63) is 48.3 Å². The fourth-order valence-corrected chi connectivity index (χ4v) is 3.74. The summed E-state index contributed by atoms with van der Waals surface area (Å²) in [6, 6.07) is 10.1. The highest BCUT2D eigenvalue weighted by Gasteiger charge is 2.34. The van der Waals surface area contributed by atoms with Crippen LogP contribution in [0.15, 0.2) is 42.7 Å². The molecule has 23 heavy (non-hydrogen) atoms. The van der Waals surface area contributed by atoms with E-state index in [2.05, 4.69) is 10.4 Å². The predicted octanol–water partition coefficient (Wildman–Crippen LogP) is 2.66. The third-order valence-corrected chi connectivity index (χ3v) is 4.94. The van der Waals surface area contributed by atoms with Gasteiger partial charge in [0.25, 0.3) is 0 Å². The van der Waals surface area contributed by atoms with Crippen molar-refractivity contribution >= 4 is 5.91 Å². The quantitative estimate of drug-likeness (QED) is 0.948. The predicted molar refractivity (Wildman–Crippen MR) is 86.3 cm³/mol. The van der Waals surface area contributed by atoms with Crippen LogP contribution in [0.5, 0.6) is 5.75 Å². The number of benzene rings is 1. The summed E-state index contributed by atoms with van der Waals surface area (Å²) in [5.74, 6) is 0.699. The maximum absolute atomic E-state index is 12.8. The van der Waals surface area contributed by atoms with E-state index in [0.717, 1.165) is 30.6 Å². The Morgan fingerprint density at radius 2 is 2.09 bits per heavy atom. The van der Waals surface area contributed by atoms with Crippen molar-refractivity contribution in [2.24, 2.45) is 0 Å². The first-order valence-electron chi connectivity index (χ1n) is 8.34. The van der Waals surface area contributed by atoms with Crippen molar-refractivity contribution in [1.82, 2.24) is 15.1 Å².